The molecule has 0 saturated heterocycles. The van der Waals surface area contributed by atoms with E-state index in [9.17, 15) is 0 Å². The van der Waals surface area contributed by atoms with Gasteiger partial charge >= 0.3 is 0 Å². The summed E-state index contributed by atoms with van der Waals surface area (Å²) >= 11 is 9.50. The van der Waals surface area contributed by atoms with Gasteiger partial charge in [0, 0.05) is 11.0 Å². The molecule has 2 nitrogen and oxygen atoms in total. The summed E-state index contributed by atoms with van der Waals surface area (Å²) in [5.74, 6) is 1.33. The summed E-state index contributed by atoms with van der Waals surface area (Å²) in [6.07, 6.45) is 1.68. The molecule has 0 fully saturated rings. The minimum atomic E-state index is 0.600. The number of rotatable bonds is 3. The fraction of sp³-hybridized carbons (Fsp3) is 0.154. The number of halogens is 2. The zero-order valence-corrected chi connectivity index (χ0v) is 11.6. The van der Waals surface area contributed by atoms with Crippen LogP contribution in [0.1, 0.15) is 11.3 Å². The molecule has 0 atom stereocenters. The molecule has 0 bridgehead atoms. The second kappa shape index (κ2) is 5.52. The van der Waals surface area contributed by atoms with Crippen molar-refractivity contribution in [3.8, 4) is 11.5 Å². The van der Waals surface area contributed by atoms with Crippen LogP contribution in [-0.2, 0) is 5.33 Å². The highest BCUT2D eigenvalue weighted by molar-refractivity contribution is 9.08. The Morgan fingerprint density at radius 2 is 2.12 bits per heavy atom. The zero-order valence-electron chi connectivity index (χ0n) is 9.28. The first kappa shape index (κ1) is 12.4. The lowest BCUT2D eigenvalue weighted by Crippen LogP contribution is -1.88. The summed E-state index contributed by atoms with van der Waals surface area (Å²) in [6, 6.07) is 9.48. The molecule has 0 radical (unpaired) electrons. The Kier molecular flexibility index (Phi) is 4.02. The third-order valence-corrected chi connectivity index (χ3v) is 3.21. The lowest BCUT2D eigenvalue weighted by molar-refractivity contribution is 0.480. The molecule has 17 heavy (non-hydrogen) atoms. The summed E-state index contributed by atoms with van der Waals surface area (Å²) in [5.41, 5.74) is 2.07. The van der Waals surface area contributed by atoms with Crippen LogP contribution >= 0.6 is 27.5 Å². The van der Waals surface area contributed by atoms with Gasteiger partial charge < -0.3 is 4.74 Å². The van der Waals surface area contributed by atoms with Crippen LogP contribution in [0.15, 0.2) is 36.5 Å². The Balaban J connectivity index is 2.21. The lowest BCUT2D eigenvalue weighted by Gasteiger charge is -2.08. The normalized spacial score (nSPS) is 10.3. The molecule has 0 N–H and O–H groups in total. The molecule has 0 amide bonds. The van der Waals surface area contributed by atoms with Crippen molar-refractivity contribution in [1.82, 2.24) is 4.98 Å². The molecule has 4 heteroatoms. The molecular formula is C13H11BrClNO. The van der Waals surface area contributed by atoms with Crippen molar-refractivity contribution in [2.75, 3.05) is 0 Å². The van der Waals surface area contributed by atoms with E-state index in [1.165, 1.54) is 0 Å². The van der Waals surface area contributed by atoms with Crippen molar-refractivity contribution in [3.05, 3.63) is 52.8 Å². The quantitative estimate of drug-likeness (QED) is 0.764. The van der Waals surface area contributed by atoms with Crippen LogP contribution in [-0.4, -0.2) is 4.98 Å². The van der Waals surface area contributed by atoms with Crippen molar-refractivity contribution < 1.29 is 4.74 Å². The van der Waals surface area contributed by atoms with Crippen LogP contribution in [0.2, 0.25) is 5.02 Å². The number of aromatic nitrogens is 1. The maximum Gasteiger partial charge on any atom is 0.146 e. The number of hydrogen-bond donors (Lipinski definition) is 0. The number of aryl methyl sites for hydroxylation is 1. The Labute approximate surface area is 114 Å². The van der Waals surface area contributed by atoms with Gasteiger partial charge in [-0.25, -0.2) is 0 Å². The Morgan fingerprint density at radius 1 is 1.29 bits per heavy atom. The summed E-state index contributed by atoms with van der Waals surface area (Å²) in [6.45, 7) is 1.93. The fourth-order valence-electron chi connectivity index (χ4n) is 1.35. The maximum atomic E-state index is 6.12. The average molecular weight is 313 g/mol. The molecule has 1 aromatic carbocycles. The third kappa shape index (κ3) is 3.20. The van der Waals surface area contributed by atoms with Crippen LogP contribution in [0, 0.1) is 6.92 Å². The van der Waals surface area contributed by atoms with Gasteiger partial charge in [0.25, 0.3) is 0 Å². The van der Waals surface area contributed by atoms with Crippen molar-refractivity contribution in [3.63, 3.8) is 0 Å². The van der Waals surface area contributed by atoms with Gasteiger partial charge in [0.2, 0.25) is 0 Å². The van der Waals surface area contributed by atoms with Gasteiger partial charge in [-0.1, -0.05) is 33.6 Å². The van der Waals surface area contributed by atoms with Crippen LogP contribution in [0.3, 0.4) is 0 Å². The van der Waals surface area contributed by atoms with Gasteiger partial charge in [-0.05, 0) is 36.8 Å². The summed E-state index contributed by atoms with van der Waals surface area (Å²) < 4.78 is 5.65. The van der Waals surface area contributed by atoms with E-state index in [2.05, 4.69) is 20.9 Å². The van der Waals surface area contributed by atoms with Crippen LogP contribution in [0.4, 0.5) is 0 Å². The van der Waals surface area contributed by atoms with Crippen LogP contribution in [0.25, 0.3) is 0 Å². The van der Waals surface area contributed by atoms with E-state index in [-0.39, 0.29) is 0 Å². The van der Waals surface area contributed by atoms with Crippen molar-refractivity contribution in [1.29, 1.82) is 0 Å². The molecule has 1 heterocycles. The van der Waals surface area contributed by atoms with Gasteiger partial charge in [-0.3, -0.25) is 4.98 Å². The molecule has 0 unspecified atom stereocenters. The van der Waals surface area contributed by atoms with E-state index >= 15 is 0 Å². The molecule has 88 valence electrons. The molecule has 2 rings (SSSR count). The van der Waals surface area contributed by atoms with Gasteiger partial charge in [0.15, 0.2) is 0 Å². The first-order valence-electron chi connectivity index (χ1n) is 5.14. The third-order valence-electron chi connectivity index (χ3n) is 2.26. The smallest absolute Gasteiger partial charge is 0.146 e. The van der Waals surface area contributed by atoms with Crippen molar-refractivity contribution >= 4 is 27.5 Å². The molecule has 0 aliphatic heterocycles. The molecule has 2 aromatic rings. The Bertz CT molecular complexity index is 513. The second-order valence-corrected chi connectivity index (χ2v) is 4.60. The van der Waals surface area contributed by atoms with E-state index in [0.29, 0.717) is 16.5 Å². The highest BCUT2D eigenvalue weighted by atomic mass is 79.9. The zero-order chi connectivity index (χ0) is 12.3. The van der Waals surface area contributed by atoms with E-state index in [1.807, 2.05) is 37.3 Å². The fourth-order valence-corrected chi connectivity index (χ4v) is 1.94. The molecule has 0 aliphatic rings. The minimum Gasteiger partial charge on any atom is -0.454 e. The average Bonchev–Trinajstić information content (AvgIpc) is 2.34. The summed E-state index contributed by atoms with van der Waals surface area (Å²) in [5, 5.41) is 1.38. The first-order valence-corrected chi connectivity index (χ1v) is 6.64. The van der Waals surface area contributed by atoms with E-state index in [4.69, 9.17) is 16.3 Å². The summed E-state index contributed by atoms with van der Waals surface area (Å²) in [7, 11) is 0. The minimum absolute atomic E-state index is 0.600. The topological polar surface area (TPSA) is 22.1 Å². The van der Waals surface area contributed by atoms with Gasteiger partial charge in [-0.2, -0.15) is 0 Å². The van der Waals surface area contributed by atoms with E-state index in [1.54, 1.807) is 6.20 Å². The second-order valence-electron chi connectivity index (χ2n) is 3.64. The number of benzene rings is 1. The van der Waals surface area contributed by atoms with Gasteiger partial charge in [0.05, 0.1) is 11.2 Å². The molecule has 0 aliphatic carbocycles. The van der Waals surface area contributed by atoms with Gasteiger partial charge in [-0.15, -0.1) is 0 Å². The first-order chi connectivity index (χ1) is 8.19. The number of ether oxygens (including phenoxy) is 1. The monoisotopic (exact) mass is 311 g/mol. The highest BCUT2D eigenvalue weighted by Crippen LogP contribution is 2.30. The molecular weight excluding hydrogens is 302 g/mol. The van der Waals surface area contributed by atoms with Gasteiger partial charge in [0.1, 0.15) is 11.5 Å². The predicted molar refractivity (Wildman–Crippen MR) is 73.1 cm³/mol. The lowest BCUT2D eigenvalue weighted by atomic mass is 10.2. The Hall–Kier alpha value is -1.06. The number of nitrogens with zero attached hydrogens (tertiary/aromatic N) is 1. The maximum absolute atomic E-state index is 6.12. The largest absolute Gasteiger partial charge is 0.454 e. The highest BCUT2D eigenvalue weighted by Gasteiger charge is 2.04. The van der Waals surface area contributed by atoms with Crippen LogP contribution < -0.4 is 4.74 Å². The summed E-state index contributed by atoms with van der Waals surface area (Å²) in [4.78, 5) is 4.16. The molecule has 0 saturated carbocycles. The number of hydrogen-bond acceptors (Lipinski definition) is 2. The van der Waals surface area contributed by atoms with Crippen molar-refractivity contribution in [2.24, 2.45) is 0 Å². The molecule has 0 spiro atoms. The van der Waals surface area contributed by atoms with E-state index in [0.717, 1.165) is 16.6 Å². The standard InChI is InChI=1S/C13H11BrClNO/c1-9-2-4-11(8-16-9)17-13-5-3-10(7-14)6-12(13)15/h2-6,8H,7H2,1H3. The van der Waals surface area contributed by atoms with Crippen LogP contribution in [0.5, 0.6) is 11.5 Å². The number of pyridine rings is 1. The molecule has 1 aromatic heterocycles. The van der Waals surface area contributed by atoms with Crippen molar-refractivity contribution in [2.45, 2.75) is 12.3 Å². The van der Waals surface area contributed by atoms with E-state index < -0.39 is 0 Å². The SMILES string of the molecule is Cc1ccc(Oc2ccc(CBr)cc2Cl)cn1. The Morgan fingerprint density at radius 3 is 2.71 bits per heavy atom. The number of alkyl halides is 1. The predicted octanol–water partition coefficient (Wildman–Crippen LogP) is 4.73.